The van der Waals surface area contributed by atoms with E-state index in [2.05, 4.69) is 50.3 Å². The first-order chi connectivity index (χ1) is 26.6. The minimum Gasteiger partial charge on any atom is -0.477 e. The molecule has 0 aromatic carbocycles. The number of quaternary nitrogens is 1. The third kappa shape index (κ3) is 36.2. The van der Waals surface area contributed by atoms with E-state index in [9.17, 15) is 19.5 Å². The molecule has 0 amide bonds. The van der Waals surface area contributed by atoms with E-state index in [0.29, 0.717) is 19.3 Å². The summed E-state index contributed by atoms with van der Waals surface area (Å²) >= 11 is 0. The van der Waals surface area contributed by atoms with Crippen LogP contribution in [0.1, 0.15) is 155 Å². The van der Waals surface area contributed by atoms with Gasteiger partial charge in [0.25, 0.3) is 0 Å². The zero-order chi connectivity index (χ0) is 40.7. The highest BCUT2D eigenvalue weighted by atomic mass is 16.6. The van der Waals surface area contributed by atoms with Gasteiger partial charge in [-0.05, 0) is 57.8 Å². The normalized spacial score (nSPS) is 13.7. The van der Waals surface area contributed by atoms with Crippen molar-refractivity contribution in [3.8, 4) is 0 Å². The van der Waals surface area contributed by atoms with Crippen LogP contribution >= 0.6 is 0 Å². The van der Waals surface area contributed by atoms with Gasteiger partial charge in [-0.1, -0.05) is 151 Å². The van der Waals surface area contributed by atoms with Crippen LogP contribution in [-0.2, 0) is 28.6 Å². The summed E-state index contributed by atoms with van der Waals surface area (Å²) in [5.41, 5.74) is 0. The number of allylic oxidation sites excluding steroid dienone is 12. The van der Waals surface area contributed by atoms with Gasteiger partial charge >= 0.3 is 17.9 Å². The Labute approximate surface area is 336 Å². The fourth-order valence-corrected chi connectivity index (χ4v) is 5.82. The summed E-state index contributed by atoms with van der Waals surface area (Å²) in [4.78, 5) is 36.9. The smallest absolute Gasteiger partial charge is 0.362 e. The Bertz CT molecular complexity index is 1130. The lowest BCUT2D eigenvalue weighted by Crippen LogP contribution is -2.50. The summed E-state index contributed by atoms with van der Waals surface area (Å²) in [5.74, 6) is -1.53. The lowest BCUT2D eigenvalue weighted by Gasteiger charge is -2.31. The minimum atomic E-state index is -0.885. The second-order valence-electron chi connectivity index (χ2n) is 15.4. The van der Waals surface area contributed by atoms with Crippen LogP contribution in [0.15, 0.2) is 72.9 Å². The van der Waals surface area contributed by atoms with E-state index in [1.54, 1.807) is 0 Å². The highest BCUT2D eigenvalue weighted by molar-refractivity contribution is 5.72. The quantitative estimate of drug-likeness (QED) is 0.0221. The standard InChI is InChI=1S/C47H79NO7/c1-6-8-10-12-14-16-18-20-21-22-23-24-26-28-30-32-34-36-38-46(50)55-43(41-53-40-39-44(47(51)52)48(3,4)5)42-54-45(49)37-35-33-31-29-27-25-19-17-15-13-11-9-7-2/h10,12,14,16,18,20-25,27,43-44H,6-9,11,13,15,17,19,26,28-42H2,1-5H3/p+1/b12-10+,16-14+,20-18+,22-21+,24-23+,27-25+. The molecule has 0 spiro atoms. The Kier molecular flexibility index (Phi) is 35.5. The molecule has 2 unspecified atom stereocenters. The fraction of sp³-hybridized carbons (Fsp3) is 0.681. The van der Waals surface area contributed by atoms with Gasteiger partial charge in [-0.25, -0.2) is 4.79 Å². The van der Waals surface area contributed by atoms with Crippen molar-refractivity contribution in [2.24, 2.45) is 0 Å². The number of aliphatic carboxylic acids is 1. The maximum absolute atomic E-state index is 12.7. The molecule has 0 heterocycles. The van der Waals surface area contributed by atoms with Crippen molar-refractivity contribution >= 4 is 17.9 Å². The van der Waals surface area contributed by atoms with Gasteiger partial charge in [-0.3, -0.25) is 9.59 Å². The molecule has 0 aliphatic heterocycles. The number of unbranched alkanes of at least 4 members (excludes halogenated alkanes) is 15. The SMILES string of the molecule is CCC/C=C/C=C/C=C/C=C/C=C/CCCCCCCC(=O)OC(COCCC(C(=O)O)[N+](C)(C)C)COC(=O)CCCCC/C=C/CCCCCCCC. The van der Waals surface area contributed by atoms with Crippen LogP contribution in [0.25, 0.3) is 0 Å². The summed E-state index contributed by atoms with van der Waals surface area (Å²) in [5, 5.41) is 9.61. The molecule has 0 bridgehead atoms. The van der Waals surface area contributed by atoms with Crippen molar-refractivity contribution in [1.29, 1.82) is 0 Å². The third-order valence-corrected chi connectivity index (χ3v) is 9.19. The molecule has 8 heteroatoms. The molecule has 55 heavy (non-hydrogen) atoms. The molecule has 0 saturated carbocycles. The Morgan fingerprint density at radius 3 is 1.56 bits per heavy atom. The van der Waals surface area contributed by atoms with E-state index in [0.717, 1.165) is 77.0 Å². The topological polar surface area (TPSA) is 99.1 Å². The largest absolute Gasteiger partial charge is 0.477 e. The number of hydrogen-bond acceptors (Lipinski definition) is 6. The average Bonchev–Trinajstić information content (AvgIpc) is 3.14. The van der Waals surface area contributed by atoms with E-state index in [1.807, 2.05) is 57.6 Å². The molecular formula is C47H80NO7+. The van der Waals surface area contributed by atoms with Gasteiger partial charge in [-0.15, -0.1) is 0 Å². The maximum Gasteiger partial charge on any atom is 0.362 e. The summed E-state index contributed by atoms with van der Waals surface area (Å²) in [6.07, 6.45) is 46.5. The van der Waals surface area contributed by atoms with E-state index < -0.39 is 18.1 Å². The first-order valence-electron chi connectivity index (χ1n) is 21.5. The predicted molar refractivity (Wildman–Crippen MR) is 229 cm³/mol. The average molecular weight is 771 g/mol. The molecule has 0 aromatic heterocycles. The number of likely N-dealkylation sites (N-methyl/N-ethyl adjacent to an activating group) is 1. The molecule has 0 aliphatic rings. The van der Waals surface area contributed by atoms with Crippen LogP contribution in [0.4, 0.5) is 0 Å². The number of nitrogens with zero attached hydrogens (tertiary/aromatic N) is 1. The Morgan fingerprint density at radius 1 is 0.545 bits per heavy atom. The van der Waals surface area contributed by atoms with Crippen molar-refractivity contribution in [2.75, 3.05) is 41.0 Å². The molecule has 8 nitrogen and oxygen atoms in total. The third-order valence-electron chi connectivity index (χ3n) is 9.19. The van der Waals surface area contributed by atoms with E-state index >= 15 is 0 Å². The first-order valence-corrected chi connectivity index (χ1v) is 21.5. The second-order valence-corrected chi connectivity index (χ2v) is 15.4. The lowest BCUT2D eigenvalue weighted by atomic mass is 10.1. The summed E-state index contributed by atoms with van der Waals surface area (Å²) in [6, 6.07) is -0.625. The molecule has 0 radical (unpaired) electrons. The zero-order valence-corrected chi connectivity index (χ0v) is 35.6. The monoisotopic (exact) mass is 771 g/mol. The minimum absolute atomic E-state index is 0.0420. The van der Waals surface area contributed by atoms with Crippen molar-refractivity contribution in [3.05, 3.63) is 72.9 Å². The van der Waals surface area contributed by atoms with Crippen LogP contribution in [0, 0.1) is 0 Å². The highest BCUT2D eigenvalue weighted by Gasteiger charge is 2.31. The molecular weight excluding hydrogens is 691 g/mol. The number of carboxylic acids is 1. The molecule has 0 aliphatic carbocycles. The number of hydrogen-bond donors (Lipinski definition) is 1. The number of esters is 2. The zero-order valence-electron chi connectivity index (χ0n) is 35.6. The van der Waals surface area contributed by atoms with Gasteiger partial charge in [0.1, 0.15) is 6.61 Å². The van der Waals surface area contributed by atoms with Gasteiger partial charge in [-0.2, -0.15) is 0 Å². The van der Waals surface area contributed by atoms with E-state index in [-0.39, 0.29) is 36.2 Å². The number of rotatable bonds is 37. The highest BCUT2D eigenvalue weighted by Crippen LogP contribution is 2.13. The van der Waals surface area contributed by atoms with Gasteiger partial charge in [0.2, 0.25) is 0 Å². The van der Waals surface area contributed by atoms with Crippen LogP contribution in [0.5, 0.6) is 0 Å². The van der Waals surface area contributed by atoms with Crippen LogP contribution in [-0.4, -0.2) is 80.6 Å². The first kappa shape index (κ1) is 51.8. The molecule has 0 rings (SSSR count). The predicted octanol–water partition coefficient (Wildman–Crippen LogP) is 11.6. The molecule has 1 N–H and O–H groups in total. The van der Waals surface area contributed by atoms with Crippen molar-refractivity contribution in [3.63, 3.8) is 0 Å². The van der Waals surface area contributed by atoms with Gasteiger partial charge < -0.3 is 23.8 Å². The molecule has 314 valence electrons. The van der Waals surface area contributed by atoms with Crippen LogP contribution < -0.4 is 0 Å². The molecule has 0 aromatic rings. The van der Waals surface area contributed by atoms with Crippen molar-refractivity contribution < 1.29 is 38.2 Å². The summed E-state index contributed by atoms with van der Waals surface area (Å²) in [7, 11) is 5.50. The van der Waals surface area contributed by atoms with Gasteiger partial charge in [0.15, 0.2) is 12.1 Å². The Morgan fingerprint density at radius 2 is 1.02 bits per heavy atom. The van der Waals surface area contributed by atoms with Crippen LogP contribution in [0.2, 0.25) is 0 Å². The van der Waals surface area contributed by atoms with Crippen LogP contribution in [0.3, 0.4) is 0 Å². The second kappa shape index (κ2) is 37.7. The molecule has 2 atom stereocenters. The summed E-state index contributed by atoms with van der Waals surface area (Å²) in [6.45, 7) is 4.58. The Hall–Kier alpha value is -3.23. The number of carboxylic acid groups (broad SMARTS) is 1. The number of ether oxygens (including phenoxy) is 3. The maximum atomic E-state index is 12.7. The fourth-order valence-electron chi connectivity index (χ4n) is 5.82. The van der Waals surface area contributed by atoms with Crippen molar-refractivity contribution in [1.82, 2.24) is 0 Å². The molecule has 0 saturated heterocycles. The van der Waals surface area contributed by atoms with Crippen molar-refractivity contribution in [2.45, 2.75) is 167 Å². The van der Waals surface area contributed by atoms with Gasteiger partial charge in [0, 0.05) is 19.3 Å². The summed E-state index contributed by atoms with van der Waals surface area (Å²) < 4.78 is 17.2. The lowest BCUT2D eigenvalue weighted by molar-refractivity contribution is -0.887. The van der Waals surface area contributed by atoms with E-state index in [1.165, 1.54) is 44.9 Å². The number of carbonyl (C=O) groups is 3. The van der Waals surface area contributed by atoms with E-state index in [4.69, 9.17) is 14.2 Å². The molecule has 0 fully saturated rings. The van der Waals surface area contributed by atoms with Gasteiger partial charge in [0.05, 0.1) is 34.4 Å². The Balaban J connectivity index is 4.46. The number of carbonyl (C=O) groups excluding carboxylic acids is 2.